The van der Waals surface area contributed by atoms with Crippen molar-refractivity contribution < 1.29 is 8.78 Å². The molecule has 2 saturated carbocycles. The van der Waals surface area contributed by atoms with Crippen molar-refractivity contribution in [1.29, 1.82) is 0 Å². The largest absolute Gasteiger partial charge is 0.388 e. The van der Waals surface area contributed by atoms with Gasteiger partial charge in [0.25, 0.3) is 0 Å². The summed E-state index contributed by atoms with van der Waals surface area (Å²) < 4.78 is 30.6. The summed E-state index contributed by atoms with van der Waals surface area (Å²) in [7, 11) is 2.03. The molecule has 7 nitrogen and oxygen atoms in total. The standard InChI is InChI=1S/C25H33F2N5.C7H10N2/c1-4-25(11-18(24(26)27)13-29-15(25)2)12-19-9-10-21-30-20(14-32(21)31-19)23(28-3)22(16-5-6-16)17-7-8-17;1-3-7-5-6-8-9(7)4-2/h4,9-10,14,16-18,22-24,28-29H,1-2,5-8,11-13H2,3H3;3,5-6H,1,4H2,2H3. The van der Waals surface area contributed by atoms with Crippen LogP contribution in [-0.4, -0.2) is 44.4 Å². The summed E-state index contributed by atoms with van der Waals surface area (Å²) in [6, 6.07) is 6.11. The quantitative estimate of drug-likeness (QED) is 0.277. The second-order valence-corrected chi connectivity index (χ2v) is 11.8. The molecule has 6 rings (SSSR count). The lowest BCUT2D eigenvalue weighted by molar-refractivity contribution is 0.0458. The van der Waals surface area contributed by atoms with Crippen LogP contribution in [0.5, 0.6) is 0 Å². The molecule has 0 amide bonds. The Labute approximate surface area is 241 Å². The highest BCUT2D eigenvalue weighted by Crippen LogP contribution is 2.53. The number of nitrogens with zero attached hydrogens (tertiary/aromatic N) is 5. The Morgan fingerprint density at radius 2 is 1.88 bits per heavy atom. The first-order valence-electron chi connectivity index (χ1n) is 14.8. The number of aryl methyl sites for hydroxylation is 1. The minimum absolute atomic E-state index is 0.244. The fraction of sp³-hybridized carbons (Fsp3) is 0.531. The van der Waals surface area contributed by atoms with E-state index in [0.717, 1.165) is 46.8 Å². The number of hydrogen-bond acceptors (Lipinski definition) is 5. The first-order valence-corrected chi connectivity index (χ1v) is 14.8. The van der Waals surface area contributed by atoms with Crippen molar-refractivity contribution in [3.8, 4) is 0 Å². The maximum absolute atomic E-state index is 13.4. The zero-order valence-corrected chi connectivity index (χ0v) is 24.3. The Morgan fingerprint density at radius 1 is 1.15 bits per heavy atom. The Morgan fingerprint density at radius 3 is 2.44 bits per heavy atom. The van der Waals surface area contributed by atoms with Crippen molar-refractivity contribution in [2.24, 2.45) is 29.1 Å². The number of aromatic nitrogens is 5. The monoisotopic (exact) mass is 563 g/mol. The van der Waals surface area contributed by atoms with Gasteiger partial charge in [0.1, 0.15) is 0 Å². The number of allylic oxidation sites excluding steroid dienone is 1. The molecular formula is C32H43F2N7. The van der Waals surface area contributed by atoms with Crippen molar-refractivity contribution in [3.63, 3.8) is 0 Å². The van der Waals surface area contributed by atoms with Crippen LogP contribution in [0.2, 0.25) is 0 Å². The molecule has 0 aromatic carbocycles. The smallest absolute Gasteiger partial charge is 0.243 e. The van der Waals surface area contributed by atoms with E-state index in [2.05, 4.69) is 42.4 Å². The molecule has 0 bridgehead atoms. The van der Waals surface area contributed by atoms with Crippen LogP contribution in [-0.2, 0) is 13.0 Å². The molecule has 0 radical (unpaired) electrons. The van der Waals surface area contributed by atoms with Crippen molar-refractivity contribution in [2.75, 3.05) is 13.6 Å². The topological polar surface area (TPSA) is 72.1 Å². The molecule has 3 aromatic rings. The number of rotatable bonds is 11. The van der Waals surface area contributed by atoms with E-state index in [0.29, 0.717) is 18.8 Å². The lowest BCUT2D eigenvalue weighted by Gasteiger charge is -2.41. The zero-order chi connectivity index (χ0) is 29.1. The number of imidazole rings is 1. The van der Waals surface area contributed by atoms with Gasteiger partial charge in [-0.3, -0.25) is 4.68 Å². The molecule has 3 aliphatic rings. The molecule has 220 valence electrons. The Bertz CT molecular complexity index is 1360. The van der Waals surface area contributed by atoms with Crippen LogP contribution in [0.4, 0.5) is 8.78 Å². The van der Waals surface area contributed by atoms with E-state index in [1.807, 2.05) is 40.6 Å². The molecule has 0 spiro atoms. The molecule has 41 heavy (non-hydrogen) atoms. The predicted molar refractivity (Wildman–Crippen MR) is 159 cm³/mol. The first kappa shape index (κ1) is 29.2. The van der Waals surface area contributed by atoms with E-state index in [9.17, 15) is 8.78 Å². The fourth-order valence-corrected chi connectivity index (χ4v) is 6.45. The van der Waals surface area contributed by atoms with Gasteiger partial charge in [0.2, 0.25) is 6.43 Å². The van der Waals surface area contributed by atoms with Gasteiger partial charge >= 0.3 is 0 Å². The van der Waals surface area contributed by atoms with E-state index in [1.54, 1.807) is 18.3 Å². The van der Waals surface area contributed by atoms with E-state index >= 15 is 0 Å². The highest BCUT2D eigenvalue weighted by atomic mass is 19.3. The average molecular weight is 564 g/mol. The molecule has 4 heterocycles. The van der Waals surface area contributed by atoms with Gasteiger partial charge < -0.3 is 10.6 Å². The second kappa shape index (κ2) is 12.3. The van der Waals surface area contributed by atoms with Crippen molar-refractivity contribution >= 4 is 11.7 Å². The Hall–Kier alpha value is -3.33. The molecule has 1 aliphatic heterocycles. The van der Waals surface area contributed by atoms with Crippen molar-refractivity contribution in [2.45, 2.75) is 64.5 Å². The number of piperidine rings is 1. The zero-order valence-electron chi connectivity index (χ0n) is 24.3. The van der Waals surface area contributed by atoms with Crippen LogP contribution in [0.3, 0.4) is 0 Å². The fourth-order valence-electron chi connectivity index (χ4n) is 6.45. The molecular weight excluding hydrogens is 520 g/mol. The molecule has 2 aliphatic carbocycles. The van der Waals surface area contributed by atoms with Gasteiger partial charge in [0.05, 0.1) is 29.3 Å². The summed E-state index contributed by atoms with van der Waals surface area (Å²) in [4.78, 5) is 4.89. The Balaban J connectivity index is 0.000000321. The van der Waals surface area contributed by atoms with E-state index in [1.165, 1.54) is 25.7 Å². The van der Waals surface area contributed by atoms with Gasteiger partial charge in [0.15, 0.2) is 5.65 Å². The van der Waals surface area contributed by atoms with E-state index in [4.69, 9.17) is 10.1 Å². The summed E-state index contributed by atoms with van der Waals surface area (Å²) in [5.74, 6) is 1.55. The molecule has 3 fully saturated rings. The summed E-state index contributed by atoms with van der Waals surface area (Å²) in [5, 5.41) is 15.5. The third-order valence-corrected chi connectivity index (χ3v) is 9.05. The molecule has 9 heteroatoms. The van der Waals surface area contributed by atoms with Gasteiger partial charge in [-0.1, -0.05) is 19.2 Å². The van der Waals surface area contributed by atoms with Crippen LogP contribution in [0, 0.1) is 29.1 Å². The van der Waals surface area contributed by atoms with Gasteiger partial charge in [-0.2, -0.15) is 10.2 Å². The van der Waals surface area contributed by atoms with Gasteiger partial charge in [-0.25, -0.2) is 18.3 Å². The summed E-state index contributed by atoms with van der Waals surface area (Å²) in [6.45, 7) is 14.9. The highest BCUT2D eigenvalue weighted by molar-refractivity contribution is 5.41. The molecule has 3 unspecified atom stereocenters. The SMILES string of the molecule is C=CC1(Cc2ccc3nc(C(NC)C(C4CC4)C4CC4)cn3n2)CC(C(F)F)CNC1=C.C=Cc1ccnn1CC. The third kappa shape index (κ3) is 6.30. The molecule has 3 aromatic heterocycles. The molecule has 2 N–H and O–H groups in total. The van der Waals surface area contributed by atoms with Crippen LogP contribution in [0.1, 0.15) is 62.2 Å². The number of nitrogens with one attached hydrogen (secondary N) is 2. The maximum Gasteiger partial charge on any atom is 0.243 e. The number of fused-ring (bicyclic) bond motifs is 1. The van der Waals surface area contributed by atoms with Crippen LogP contribution >= 0.6 is 0 Å². The Kier molecular flexibility index (Phi) is 8.73. The van der Waals surface area contributed by atoms with Gasteiger partial charge in [0, 0.05) is 42.7 Å². The lowest BCUT2D eigenvalue weighted by atomic mass is 9.71. The molecule has 1 saturated heterocycles. The lowest BCUT2D eigenvalue weighted by Crippen LogP contribution is -2.44. The third-order valence-electron chi connectivity index (χ3n) is 9.05. The number of hydrogen-bond donors (Lipinski definition) is 2. The van der Waals surface area contributed by atoms with Gasteiger partial charge in [-0.15, -0.1) is 6.58 Å². The normalized spacial score (nSPS) is 23.3. The van der Waals surface area contributed by atoms with Gasteiger partial charge in [-0.05, 0) is 88.1 Å². The van der Waals surface area contributed by atoms with Crippen LogP contribution < -0.4 is 10.6 Å². The minimum Gasteiger partial charge on any atom is -0.388 e. The predicted octanol–water partition coefficient (Wildman–Crippen LogP) is 6.08. The van der Waals surface area contributed by atoms with E-state index < -0.39 is 17.8 Å². The average Bonchev–Trinajstić information content (AvgIpc) is 3.91. The van der Waals surface area contributed by atoms with Crippen LogP contribution in [0.15, 0.2) is 62.1 Å². The summed E-state index contributed by atoms with van der Waals surface area (Å²) in [5.41, 5.74) is 3.86. The number of alkyl halides is 2. The van der Waals surface area contributed by atoms with Crippen molar-refractivity contribution in [1.82, 2.24) is 35.0 Å². The number of halogens is 2. The maximum atomic E-state index is 13.4. The molecule has 3 atom stereocenters. The first-order chi connectivity index (χ1) is 19.8. The van der Waals surface area contributed by atoms with Crippen LogP contribution in [0.25, 0.3) is 11.7 Å². The van der Waals surface area contributed by atoms with E-state index in [-0.39, 0.29) is 12.6 Å². The summed E-state index contributed by atoms with van der Waals surface area (Å²) in [6.07, 6.45) is 11.1. The van der Waals surface area contributed by atoms with Crippen molar-refractivity contribution in [3.05, 3.63) is 79.2 Å². The minimum atomic E-state index is -2.37. The second-order valence-electron chi connectivity index (χ2n) is 11.8. The highest BCUT2D eigenvalue weighted by Gasteiger charge is 2.46. The summed E-state index contributed by atoms with van der Waals surface area (Å²) >= 11 is 0.